The minimum atomic E-state index is -0.953. The lowest BCUT2D eigenvalue weighted by atomic mass is 9.76. The molecule has 0 aromatic heterocycles. The number of nitrogens with two attached hydrogens (primary N) is 1. The zero-order valence-electron chi connectivity index (χ0n) is 15.9. The van der Waals surface area contributed by atoms with E-state index in [-0.39, 0.29) is 24.3 Å². The number of carboxylic acid groups (broad SMARTS) is 1. The van der Waals surface area contributed by atoms with Crippen LogP contribution in [-0.2, 0) is 14.3 Å². The standard InChI is InChI=1S/C20H33N3O4/c21-18-14(20(25)26)10-13-17(24)16-15(27-19(13)23-18)9-8-12(22-16)7-6-11-4-2-1-3-5-11/h11-16,18-19,22-23H,1-10,21H2,(H,25,26). The number of carboxylic acids is 1. The van der Waals surface area contributed by atoms with Crippen LogP contribution in [-0.4, -0.2) is 47.4 Å². The van der Waals surface area contributed by atoms with E-state index < -0.39 is 30.2 Å². The second-order valence-electron chi connectivity index (χ2n) is 8.98. The average molecular weight is 380 g/mol. The van der Waals surface area contributed by atoms with Gasteiger partial charge in [0.15, 0.2) is 5.78 Å². The summed E-state index contributed by atoms with van der Waals surface area (Å²) in [6.45, 7) is 0. The van der Waals surface area contributed by atoms with Gasteiger partial charge in [0.2, 0.25) is 0 Å². The molecule has 1 aliphatic carbocycles. The van der Waals surface area contributed by atoms with E-state index in [1.807, 2.05) is 0 Å². The van der Waals surface area contributed by atoms with Gasteiger partial charge < -0.3 is 20.9 Å². The van der Waals surface area contributed by atoms with Crippen LogP contribution < -0.4 is 16.4 Å². The van der Waals surface area contributed by atoms with Gasteiger partial charge >= 0.3 is 5.97 Å². The number of carbonyl (C=O) groups is 2. The Labute approximate surface area is 160 Å². The molecule has 7 heteroatoms. The molecule has 0 radical (unpaired) electrons. The summed E-state index contributed by atoms with van der Waals surface area (Å²) < 4.78 is 6.14. The first-order valence-corrected chi connectivity index (χ1v) is 10.7. The quantitative estimate of drug-likeness (QED) is 0.583. The van der Waals surface area contributed by atoms with Crippen molar-refractivity contribution in [3.05, 3.63) is 0 Å². The monoisotopic (exact) mass is 379 g/mol. The van der Waals surface area contributed by atoms with Crippen molar-refractivity contribution in [1.82, 2.24) is 10.6 Å². The van der Waals surface area contributed by atoms with Gasteiger partial charge in [0.05, 0.1) is 30.1 Å². The van der Waals surface area contributed by atoms with E-state index in [9.17, 15) is 14.7 Å². The first-order valence-electron chi connectivity index (χ1n) is 10.7. The third-order valence-corrected chi connectivity index (χ3v) is 7.21. The zero-order valence-corrected chi connectivity index (χ0v) is 15.9. The molecule has 0 amide bonds. The first-order chi connectivity index (χ1) is 13.0. The highest BCUT2D eigenvalue weighted by Crippen LogP contribution is 2.36. The van der Waals surface area contributed by atoms with Gasteiger partial charge in [-0.25, -0.2) is 0 Å². The van der Waals surface area contributed by atoms with Crippen LogP contribution in [0.25, 0.3) is 0 Å². The van der Waals surface area contributed by atoms with Crippen LogP contribution in [0, 0.1) is 17.8 Å². The Kier molecular flexibility index (Phi) is 5.83. The number of hydrogen-bond donors (Lipinski definition) is 4. The molecule has 3 saturated heterocycles. The van der Waals surface area contributed by atoms with Gasteiger partial charge in [0, 0.05) is 6.04 Å². The summed E-state index contributed by atoms with van der Waals surface area (Å²) in [7, 11) is 0. The largest absolute Gasteiger partial charge is 0.481 e. The number of nitrogens with one attached hydrogen (secondary N) is 2. The minimum absolute atomic E-state index is 0.101. The van der Waals surface area contributed by atoms with Crippen molar-refractivity contribution in [2.75, 3.05) is 0 Å². The summed E-state index contributed by atoms with van der Waals surface area (Å²) in [6.07, 6.45) is 10.1. The number of piperidine rings is 2. The van der Waals surface area contributed by atoms with Crippen LogP contribution in [0.2, 0.25) is 0 Å². The predicted octanol–water partition coefficient (Wildman–Crippen LogP) is 1.36. The van der Waals surface area contributed by atoms with Crippen molar-refractivity contribution in [3.8, 4) is 0 Å². The molecule has 3 aliphatic heterocycles. The number of rotatable bonds is 4. The molecule has 3 heterocycles. The van der Waals surface area contributed by atoms with Gasteiger partial charge in [-0.3, -0.25) is 14.9 Å². The molecule has 4 fully saturated rings. The Morgan fingerprint density at radius 1 is 1.11 bits per heavy atom. The maximum atomic E-state index is 13.1. The molecule has 7 atom stereocenters. The van der Waals surface area contributed by atoms with Gasteiger partial charge in [-0.2, -0.15) is 0 Å². The summed E-state index contributed by atoms with van der Waals surface area (Å²) in [4.78, 5) is 24.5. The molecule has 7 nitrogen and oxygen atoms in total. The topological polar surface area (TPSA) is 114 Å². The SMILES string of the molecule is NC1NC2OC3CCC(CCC4CCCCC4)NC3C(=O)C2CC1C(=O)O. The van der Waals surface area contributed by atoms with E-state index in [0.717, 1.165) is 25.2 Å². The van der Waals surface area contributed by atoms with E-state index in [1.165, 1.54) is 38.5 Å². The number of Topliss-reactive ketones (excluding diaryl/α,β-unsaturated/α-hetero) is 1. The molecule has 27 heavy (non-hydrogen) atoms. The Balaban J connectivity index is 1.35. The summed E-state index contributed by atoms with van der Waals surface area (Å²) in [6, 6.07) is 0.0632. The van der Waals surface area contributed by atoms with Gasteiger partial charge in [-0.05, 0) is 38.0 Å². The minimum Gasteiger partial charge on any atom is -0.481 e. The molecule has 152 valence electrons. The summed E-state index contributed by atoms with van der Waals surface area (Å²) in [5.41, 5.74) is 5.93. The lowest BCUT2D eigenvalue weighted by Gasteiger charge is -2.49. The lowest BCUT2D eigenvalue weighted by molar-refractivity contribution is -0.175. The Morgan fingerprint density at radius 3 is 2.63 bits per heavy atom. The average Bonchev–Trinajstić information content (AvgIpc) is 2.67. The molecular weight excluding hydrogens is 346 g/mol. The fourth-order valence-electron chi connectivity index (χ4n) is 5.57. The number of ether oxygens (including phenoxy) is 1. The van der Waals surface area contributed by atoms with Gasteiger partial charge in [-0.1, -0.05) is 32.1 Å². The van der Waals surface area contributed by atoms with Crippen LogP contribution in [0.1, 0.15) is 64.2 Å². The maximum Gasteiger partial charge on any atom is 0.309 e. The summed E-state index contributed by atoms with van der Waals surface area (Å²) >= 11 is 0. The summed E-state index contributed by atoms with van der Waals surface area (Å²) in [5, 5.41) is 15.9. The second kappa shape index (κ2) is 8.15. The van der Waals surface area contributed by atoms with E-state index in [2.05, 4.69) is 10.6 Å². The number of ketones is 1. The van der Waals surface area contributed by atoms with Crippen LogP contribution in [0.3, 0.4) is 0 Å². The van der Waals surface area contributed by atoms with Crippen LogP contribution in [0.5, 0.6) is 0 Å². The number of fused-ring (bicyclic) bond motifs is 2. The molecule has 0 aromatic carbocycles. The van der Waals surface area contributed by atoms with Crippen molar-refractivity contribution >= 4 is 11.8 Å². The second-order valence-corrected chi connectivity index (χ2v) is 8.98. The van der Waals surface area contributed by atoms with E-state index in [0.29, 0.717) is 6.04 Å². The summed E-state index contributed by atoms with van der Waals surface area (Å²) in [5.74, 6) is -1.19. The van der Waals surface area contributed by atoms with Crippen LogP contribution >= 0.6 is 0 Å². The Bertz CT molecular complexity index is 565. The molecule has 4 rings (SSSR count). The lowest BCUT2D eigenvalue weighted by Crippen LogP contribution is -2.69. The molecule has 0 bridgehead atoms. The number of carbonyl (C=O) groups excluding carboxylic acids is 1. The number of hydrogen-bond acceptors (Lipinski definition) is 6. The Hall–Kier alpha value is -1.02. The maximum absolute atomic E-state index is 13.1. The molecule has 5 N–H and O–H groups in total. The van der Waals surface area contributed by atoms with Gasteiger partial charge in [-0.15, -0.1) is 0 Å². The normalized spacial score (nSPS) is 43.0. The third kappa shape index (κ3) is 4.06. The fourth-order valence-corrected chi connectivity index (χ4v) is 5.57. The highest BCUT2D eigenvalue weighted by Gasteiger charge is 2.51. The van der Waals surface area contributed by atoms with Gasteiger partial charge in [0.25, 0.3) is 0 Å². The van der Waals surface area contributed by atoms with Crippen molar-refractivity contribution in [2.24, 2.45) is 23.5 Å². The zero-order chi connectivity index (χ0) is 19.0. The molecule has 7 unspecified atom stereocenters. The highest BCUT2D eigenvalue weighted by molar-refractivity contribution is 5.89. The number of aliphatic carboxylic acids is 1. The molecule has 4 aliphatic rings. The van der Waals surface area contributed by atoms with Crippen molar-refractivity contribution in [3.63, 3.8) is 0 Å². The van der Waals surface area contributed by atoms with Gasteiger partial charge in [0.1, 0.15) is 6.23 Å². The molecule has 1 saturated carbocycles. The highest BCUT2D eigenvalue weighted by atomic mass is 16.5. The fraction of sp³-hybridized carbons (Fsp3) is 0.900. The van der Waals surface area contributed by atoms with Crippen LogP contribution in [0.4, 0.5) is 0 Å². The van der Waals surface area contributed by atoms with E-state index >= 15 is 0 Å². The molecule has 0 aromatic rings. The van der Waals surface area contributed by atoms with E-state index in [1.54, 1.807) is 0 Å². The van der Waals surface area contributed by atoms with Crippen LogP contribution in [0.15, 0.2) is 0 Å². The first kappa shape index (κ1) is 19.3. The Morgan fingerprint density at radius 2 is 1.89 bits per heavy atom. The predicted molar refractivity (Wildman–Crippen MR) is 99.8 cm³/mol. The molecule has 0 spiro atoms. The van der Waals surface area contributed by atoms with Crippen molar-refractivity contribution < 1.29 is 19.4 Å². The smallest absolute Gasteiger partial charge is 0.309 e. The third-order valence-electron chi connectivity index (χ3n) is 7.21. The van der Waals surface area contributed by atoms with Crippen molar-refractivity contribution in [1.29, 1.82) is 0 Å². The molecular formula is C20H33N3O4. The van der Waals surface area contributed by atoms with Crippen molar-refractivity contribution in [2.45, 2.75) is 94.8 Å². The van der Waals surface area contributed by atoms with E-state index in [4.69, 9.17) is 10.5 Å².